The largest absolute Gasteiger partial charge is 0.507 e. The van der Waals surface area contributed by atoms with Gasteiger partial charge in [0.05, 0.1) is 16.8 Å². The number of rotatable bonds is 8. The quantitative estimate of drug-likeness (QED) is 0.159. The number of ether oxygens (including phenoxy) is 2. The number of benzene rings is 4. The number of alkyl halides is 2. The van der Waals surface area contributed by atoms with Gasteiger partial charge in [-0.05, 0) is 46.6 Å². The minimum absolute atomic E-state index is 0.00255. The Bertz CT molecular complexity index is 2230. The number of aliphatic hydroxyl groups excluding tert-OH is 3. The van der Waals surface area contributed by atoms with Crippen molar-refractivity contribution in [3.8, 4) is 11.5 Å². The van der Waals surface area contributed by atoms with E-state index in [1.54, 1.807) is 34.1 Å². The SMILES string of the molecule is O=C(O)[C@H]1O[C@@H](Oc2cc3c(c4ccccc24)[C@H](CCl)CN3C(=O)CC23CC(C(=O)N4C[C@@H](CCl)c5c4cc(O)c4ccccc54)(C2)C3)[C@H](O)[C@@H](O)[C@@H]1O. The van der Waals surface area contributed by atoms with E-state index in [4.69, 9.17) is 32.7 Å². The number of phenolic OH excluding ortho intramolecular Hbond substituents is 1. The van der Waals surface area contributed by atoms with Gasteiger partial charge < -0.3 is 44.8 Å². The van der Waals surface area contributed by atoms with Gasteiger partial charge in [0.15, 0.2) is 6.10 Å². The number of carbonyl (C=O) groups is 3. The van der Waals surface area contributed by atoms with E-state index in [2.05, 4.69) is 0 Å². The van der Waals surface area contributed by atoms with Crippen molar-refractivity contribution in [2.24, 2.45) is 10.8 Å². The molecule has 2 amide bonds. The fourth-order valence-electron chi connectivity index (χ4n) is 10.0. The van der Waals surface area contributed by atoms with Crippen molar-refractivity contribution >= 4 is 73.9 Å². The summed E-state index contributed by atoms with van der Waals surface area (Å²) < 4.78 is 11.5. The van der Waals surface area contributed by atoms with Crippen molar-refractivity contribution < 1.29 is 49.4 Å². The third-order valence-electron chi connectivity index (χ3n) is 12.4. The minimum atomic E-state index is -1.87. The van der Waals surface area contributed by atoms with Crippen LogP contribution in [0.15, 0.2) is 60.7 Å². The van der Waals surface area contributed by atoms with Gasteiger partial charge in [0.25, 0.3) is 0 Å². The number of aromatic hydroxyl groups is 1. The molecule has 1 saturated heterocycles. The summed E-state index contributed by atoms with van der Waals surface area (Å²) >= 11 is 12.9. The molecule has 0 radical (unpaired) electrons. The summed E-state index contributed by atoms with van der Waals surface area (Å²) in [7, 11) is 0. The Morgan fingerprint density at radius 1 is 0.778 bits per heavy atom. The smallest absolute Gasteiger partial charge is 0.335 e. The predicted octanol–water partition coefficient (Wildman–Crippen LogP) is 4.57. The Labute approximate surface area is 319 Å². The van der Waals surface area contributed by atoms with Crippen LogP contribution in [0.2, 0.25) is 0 Å². The van der Waals surface area contributed by atoms with Crippen LogP contribution in [-0.4, -0.2) is 98.9 Å². The summed E-state index contributed by atoms with van der Waals surface area (Å²) in [6.07, 6.45) is -7.03. The fourth-order valence-corrected chi connectivity index (χ4v) is 10.5. The lowest BCUT2D eigenvalue weighted by molar-refractivity contribution is -0.270. The average Bonchev–Trinajstić information content (AvgIpc) is 3.71. The molecule has 0 unspecified atom stereocenters. The molecule has 3 saturated carbocycles. The van der Waals surface area contributed by atoms with Crippen molar-refractivity contribution in [3.05, 3.63) is 71.8 Å². The summed E-state index contributed by atoms with van der Waals surface area (Å²) in [6.45, 7) is 0.753. The second-order valence-corrected chi connectivity index (χ2v) is 16.3. The Balaban J connectivity index is 0.959. The van der Waals surface area contributed by atoms with Crippen molar-refractivity contribution in [2.45, 2.75) is 68.2 Å². The highest BCUT2D eigenvalue weighted by Crippen LogP contribution is 2.76. The van der Waals surface area contributed by atoms with Crippen LogP contribution in [0.1, 0.15) is 48.6 Å². The zero-order chi connectivity index (χ0) is 37.8. The summed E-state index contributed by atoms with van der Waals surface area (Å²) in [6, 6.07) is 18.2. The molecule has 7 atom stereocenters. The van der Waals surface area contributed by atoms with Gasteiger partial charge in [-0.2, -0.15) is 0 Å². The van der Waals surface area contributed by atoms with Crippen LogP contribution in [-0.2, 0) is 19.1 Å². The lowest BCUT2D eigenvalue weighted by Gasteiger charge is -2.70. The highest BCUT2D eigenvalue weighted by molar-refractivity contribution is 6.19. The number of aliphatic carboxylic acids is 1. The molecule has 4 fully saturated rings. The number of halogens is 2. The van der Waals surface area contributed by atoms with Crippen LogP contribution in [0.4, 0.5) is 11.4 Å². The zero-order valence-electron chi connectivity index (χ0n) is 28.9. The lowest BCUT2D eigenvalue weighted by atomic mass is 9.34. The third kappa shape index (κ3) is 5.14. The van der Waals surface area contributed by atoms with Crippen LogP contribution in [0.25, 0.3) is 21.5 Å². The van der Waals surface area contributed by atoms with Gasteiger partial charge in [-0.15, -0.1) is 23.2 Å². The molecule has 4 aromatic rings. The first kappa shape index (κ1) is 35.5. The number of fused-ring (bicyclic) bond motifs is 6. The van der Waals surface area contributed by atoms with E-state index in [0.717, 1.165) is 27.3 Å². The highest BCUT2D eigenvalue weighted by Gasteiger charge is 2.72. The molecule has 54 heavy (non-hydrogen) atoms. The number of aliphatic hydroxyl groups is 3. The molecule has 3 heterocycles. The van der Waals surface area contributed by atoms with Crippen LogP contribution >= 0.6 is 23.2 Å². The third-order valence-corrected chi connectivity index (χ3v) is 13.1. The van der Waals surface area contributed by atoms with E-state index in [-0.39, 0.29) is 52.9 Å². The molecular formula is C40H38Cl2N2O10. The lowest BCUT2D eigenvalue weighted by Crippen LogP contribution is -2.69. The van der Waals surface area contributed by atoms with E-state index in [9.17, 15) is 39.9 Å². The van der Waals surface area contributed by atoms with Crippen molar-refractivity contribution in [1.29, 1.82) is 0 Å². The normalized spacial score (nSPS) is 32.2. The molecular weight excluding hydrogens is 739 g/mol. The molecule has 6 aliphatic rings. The van der Waals surface area contributed by atoms with Gasteiger partial charge in [0, 0.05) is 66.0 Å². The molecule has 3 aliphatic heterocycles. The van der Waals surface area contributed by atoms with Crippen LogP contribution in [0.5, 0.6) is 11.5 Å². The maximum Gasteiger partial charge on any atom is 0.335 e. The van der Waals surface area contributed by atoms with Gasteiger partial charge >= 0.3 is 5.97 Å². The number of nitrogens with zero attached hydrogens (tertiary/aromatic N) is 2. The van der Waals surface area contributed by atoms with Crippen LogP contribution in [0, 0.1) is 10.8 Å². The van der Waals surface area contributed by atoms with Gasteiger partial charge in [-0.25, -0.2) is 4.79 Å². The number of amides is 2. The molecule has 0 spiro atoms. The van der Waals surface area contributed by atoms with E-state index in [0.29, 0.717) is 55.0 Å². The first-order valence-corrected chi connectivity index (χ1v) is 19.1. The monoisotopic (exact) mass is 776 g/mol. The number of carboxylic acids is 1. The van der Waals surface area contributed by atoms with E-state index < -0.39 is 42.1 Å². The minimum Gasteiger partial charge on any atom is -0.507 e. The number of carbonyl (C=O) groups excluding carboxylic acids is 2. The van der Waals surface area contributed by atoms with Crippen LogP contribution in [0.3, 0.4) is 0 Å². The Kier molecular flexibility index (Phi) is 8.35. The summed E-state index contributed by atoms with van der Waals surface area (Å²) in [5.41, 5.74) is 2.17. The topological polar surface area (TPSA) is 177 Å². The molecule has 10 rings (SSSR count). The van der Waals surface area contributed by atoms with E-state index >= 15 is 0 Å². The fraction of sp³-hybridized carbons (Fsp3) is 0.425. The van der Waals surface area contributed by atoms with E-state index in [1.165, 1.54) is 0 Å². The molecule has 2 bridgehead atoms. The van der Waals surface area contributed by atoms with Crippen LogP contribution < -0.4 is 14.5 Å². The highest BCUT2D eigenvalue weighted by atomic mass is 35.5. The van der Waals surface area contributed by atoms with Gasteiger partial charge in [-0.3, -0.25) is 9.59 Å². The molecule has 3 aliphatic carbocycles. The summed E-state index contributed by atoms with van der Waals surface area (Å²) in [4.78, 5) is 43.7. The predicted molar refractivity (Wildman–Crippen MR) is 199 cm³/mol. The molecule has 0 aromatic heterocycles. The second kappa shape index (κ2) is 12.7. The zero-order valence-corrected chi connectivity index (χ0v) is 30.4. The first-order chi connectivity index (χ1) is 25.9. The van der Waals surface area contributed by atoms with E-state index in [1.807, 2.05) is 36.4 Å². The van der Waals surface area contributed by atoms with Crippen molar-refractivity contribution in [1.82, 2.24) is 0 Å². The summed E-state index contributed by atoms with van der Waals surface area (Å²) in [5, 5.41) is 54.7. The Morgan fingerprint density at radius 2 is 1.33 bits per heavy atom. The standard InChI is InChI=1S/C40H38Cl2N2O10/c41-12-19-14-43(26-10-28(22-6-2-4-8-24(22)31(19)26)53-37-34(49)32(47)33(48)35(54-37)36(50)51)29(46)11-39-16-40(17-39,18-39)38(52)44-15-20(13-42)30-23-7-3-1-5-21(23)27(45)9-25(30)44/h1-10,19-20,32-35,37,45,47-49H,11-18H2,(H,50,51)/t19-,20-,32+,33+,34-,35+,37-,39?,40?/m1/s1. The first-order valence-electron chi connectivity index (χ1n) is 18.0. The number of carboxylic acid groups (broad SMARTS) is 1. The number of hydrogen-bond acceptors (Lipinski definition) is 9. The maximum atomic E-state index is 14.2. The molecule has 282 valence electrons. The molecule has 12 nitrogen and oxygen atoms in total. The van der Waals surface area contributed by atoms with Gasteiger partial charge in [0.1, 0.15) is 29.8 Å². The number of anilines is 2. The average molecular weight is 778 g/mol. The molecule has 14 heteroatoms. The maximum absolute atomic E-state index is 14.2. The number of hydrogen-bond donors (Lipinski definition) is 5. The van der Waals surface area contributed by atoms with Gasteiger partial charge in [-0.1, -0.05) is 48.5 Å². The van der Waals surface area contributed by atoms with Crippen molar-refractivity contribution in [3.63, 3.8) is 0 Å². The number of phenols is 1. The Hall–Kier alpha value is -4.17. The molecule has 4 aromatic carbocycles. The second-order valence-electron chi connectivity index (χ2n) is 15.7. The summed E-state index contributed by atoms with van der Waals surface area (Å²) in [5.74, 6) is -1.06. The Morgan fingerprint density at radius 3 is 1.94 bits per heavy atom. The van der Waals surface area contributed by atoms with Crippen molar-refractivity contribution in [2.75, 3.05) is 34.6 Å². The molecule has 5 N–H and O–H groups in total. The van der Waals surface area contributed by atoms with Gasteiger partial charge in [0.2, 0.25) is 18.1 Å².